The summed E-state index contributed by atoms with van der Waals surface area (Å²) < 4.78 is 71.2. The van der Waals surface area contributed by atoms with Crippen molar-refractivity contribution in [2.75, 3.05) is 11.3 Å². The molecule has 0 unspecified atom stereocenters. The number of unbranched alkanes of at least 4 members (excludes halogenated alkanes) is 1. The number of carbonyl (C=O) groups excluding carboxylic acids is 1. The maximum absolute atomic E-state index is 13.0. The lowest BCUT2D eigenvalue weighted by molar-refractivity contribution is -0.0429. The number of sulfonamides is 1. The SMILES string of the molecule is CCCCc1cc2c(C)cc(C(=O)OCC)nc2n1Cc1ccc(-c2ccccc2NS(=O)(=O)C(F)(F)F)cc1. The summed E-state index contributed by atoms with van der Waals surface area (Å²) in [5, 5.41) is 0.946. The zero-order chi connectivity index (χ0) is 29.1. The summed E-state index contributed by atoms with van der Waals surface area (Å²) in [7, 11) is -5.57. The fourth-order valence-corrected chi connectivity index (χ4v) is 5.06. The van der Waals surface area contributed by atoms with Crippen molar-refractivity contribution in [2.45, 2.75) is 52.1 Å². The van der Waals surface area contributed by atoms with Crippen molar-refractivity contribution in [3.8, 4) is 11.1 Å². The van der Waals surface area contributed by atoms with E-state index in [4.69, 9.17) is 4.74 Å². The smallest absolute Gasteiger partial charge is 0.461 e. The Morgan fingerprint density at radius 3 is 2.40 bits per heavy atom. The van der Waals surface area contributed by atoms with Crippen molar-refractivity contribution in [3.05, 3.63) is 83.2 Å². The van der Waals surface area contributed by atoms with Crippen LogP contribution < -0.4 is 4.72 Å². The van der Waals surface area contributed by atoms with Crippen LogP contribution in [0.3, 0.4) is 0 Å². The van der Waals surface area contributed by atoms with Gasteiger partial charge in [-0.3, -0.25) is 4.72 Å². The Morgan fingerprint density at radius 1 is 1.05 bits per heavy atom. The zero-order valence-electron chi connectivity index (χ0n) is 22.4. The first kappa shape index (κ1) is 29.1. The summed E-state index contributed by atoms with van der Waals surface area (Å²) in [6, 6.07) is 16.9. The van der Waals surface area contributed by atoms with E-state index in [0.717, 1.165) is 41.5 Å². The van der Waals surface area contributed by atoms with Crippen LogP contribution >= 0.6 is 0 Å². The Labute approximate surface area is 231 Å². The van der Waals surface area contributed by atoms with Crippen molar-refractivity contribution < 1.29 is 31.1 Å². The molecule has 0 saturated heterocycles. The monoisotopic (exact) mass is 573 g/mol. The van der Waals surface area contributed by atoms with Crippen LogP contribution in [0.4, 0.5) is 18.9 Å². The van der Waals surface area contributed by atoms with Crippen LogP contribution in [0.15, 0.2) is 60.7 Å². The third-order valence-corrected chi connectivity index (χ3v) is 7.61. The zero-order valence-corrected chi connectivity index (χ0v) is 23.2. The number of fused-ring (bicyclic) bond motifs is 1. The highest BCUT2D eigenvalue weighted by Crippen LogP contribution is 2.33. The van der Waals surface area contributed by atoms with Gasteiger partial charge in [0.1, 0.15) is 5.65 Å². The minimum atomic E-state index is -5.57. The Bertz CT molecular complexity index is 1630. The van der Waals surface area contributed by atoms with Gasteiger partial charge in [-0.15, -0.1) is 0 Å². The number of aromatic nitrogens is 2. The van der Waals surface area contributed by atoms with Crippen molar-refractivity contribution >= 4 is 32.7 Å². The van der Waals surface area contributed by atoms with Gasteiger partial charge in [-0.1, -0.05) is 55.8 Å². The topological polar surface area (TPSA) is 90.3 Å². The van der Waals surface area contributed by atoms with Crippen LogP contribution in [-0.2, 0) is 27.7 Å². The molecule has 0 fully saturated rings. The summed E-state index contributed by atoms with van der Waals surface area (Å²) in [4.78, 5) is 17.1. The molecule has 2 aromatic heterocycles. The number of alkyl halides is 3. The Morgan fingerprint density at radius 2 is 1.75 bits per heavy atom. The number of carbonyl (C=O) groups is 1. The molecule has 0 atom stereocenters. The van der Waals surface area contributed by atoms with Crippen molar-refractivity contribution in [1.82, 2.24) is 9.55 Å². The third kappa shape index (κ3) is 6.14. The molecule has 212 valence electrons. The first-order chi connectivity index (χ1) is 18.9. The van der Waals surface area contributed by atoms with E-state index in [0.29, 0.717) is 23.3 Å². The lowest BCUT2D eigenvalue weighted by Gasteiger charge is -2.15. The van der Waals surface area contributed by atoms with Gasteiger partial charge in [0.2, 0.25) is 0 Å². The van der Waals surface area contributed by atoms with Gasteiger partial charge in [0.15, 0.2) is 5.69 Å². The number of nitrogens with one attached hydrogen (secondary N) is 1. The first-order valence-corrected chi connectivity index (χ1v) is 14.4. The van der Waals surface area contributed by atoms with Gasteiger partial charge in [-0.2, -0.15) is 21.6 Å². The predicted molar refractivity (Wildman–Crippen MR) is 149 cm³/mol. The van der Waals surface area contributed by atoms with Gasteiger partial charge in [0.05, 0.1) is 12.3 Å². The molecule has 7 nitrogen and oxygen atoms in total. The summed E-state index contributed by atoms with van der Waals surface area (Å²) in [5.41, 5.74) is -0.947. The van der Waals surface area contributed by atoms with Crippen LogP contribution in [-0.4, -0.2) is 36.1 Å². The summed E-state index contributed by atoms with van der Waals surface area (Å²) >= 11 is 0. The standard InChI is InChI=1S/C29H30F3N3O4S/c1-4-6-9-22-17-24-19(3)16-26(28(36)39-5-2)33-27(24)35(22)18-20-12-14-21(15-13-20)23-10-7-8-11-25(23)34-40(37,38)29(30,31)32/h7-8,10-17,34H,4-6,9,18H2,1-3H3. The Kier molecular flexibility index (Phi) is 8.53. The van der Waals surface area contributed by atoms with Crippen molar-refractivity contribution in [3.63, 3.8) is 0 Å². The van der Waals surface area contributed by atoms with E-state index in [1.807, 2.05) is 19.1 Å². The van der Waals surface area contributed by atoms with Crippen molar-refractivity contribution in [1.29, 1.82) is 0 Å². The number of hydrogen-bond acceptors (Lipinski definition) is 5. The van der Waals surface area contributed by atoms with E-state index in [2.05, 4.69) is 22.5 Å². The molecule has 2 aromatic carbocycles. The number of anilines is 1. The molecule has 0 bridgehead atoms. The van der Waals surface area contributed by atoms with Gasteiger partial charge in [0, 0.05) is 23.2 Å². The van der Waals surface area contributed by atoms with Gasteiger partial charge in [0.25, 0.3) is 0 Å². The van der Waals surface area contributed by atoms with E-state index < -0.39 is 21.5 Å². The molecule has 0 amide bonds. The minimum Gasteiger partial charge on any atom is -0.461 e. The average molecular weight is 574 g/mol. The predicted octanol–water partition coefficient (Wildman–Crippen LogP) is 6.84. The van der Waals surface area contributed by atoms with Crippen LogP contribution in [0.1, 0.15) is 54.0 Å². The van der Waals surface area contributed by atoms with Gasteiger partial charge in [-0.25, -0.2) is 9.78 Å². The normalized spacial score (nSPS) is 12.1. The lowest BCUT2D eigenvalue weighted by Crippen LogP contribution is -2.30. The second-order valence-electron chi connectivity index (χ2n) is 9.40. The average Bonchev–Trinajstić information content (AvgIpc) is 3.25. The fourth-order valence-electron chi connectivity index (χ4n) is 4.48. The van der Waals surface area contributed by atoms with E-state index in [1.165, 1.54) is 12.1 Å². The number of halogens is 3. The van der Waals surface area contributed by atoms with Gasteiger partial charge in [-0.05, 0) is 61.6 Å². The summed E-state index contributed by atoms with van der Waals surface area (Å²) in [6.45, 7) is 6.47. The number of rotatable bonds is 10. The number of ether oxygens (including phenoxy) is 1. The quantitative estimate of drug-likeness (QED) is 0.210. The number of benzene rings is 2. The molecule has 0 radical (unpaired) electrons. The number of nitrogens with zero attached hydrogens (tertiary/aromatic N) is 2. The Hall–Kier alpha value is -3.86. The molecule has 0 saturated carbocycles. The molecule has 2 heterocycles. The Balaban J connectivity index is 1.70. The molecule has 0 aliphatic rings. The molecule has 0 spiro atoms. The first-order valence-electron chi connectivity index (χ1n) is 12.9. The highest BCUT2D eigenvalue weighted by Gasteiger charge is 2.46. The highest BCUT2D eigenvalue weighted by molar-refractivity contribution is 7.93. The second kappa shape index (κ2) is 11.7. The number of esters is 1. The maximum Gasteiger partial charge on any atom is 0.516 e. The molecule has 11 heteroatoms. The molecule has 0 aliphatic carbocycles. The number of aryl methyl sites for hydroxylation is 2. The molecule has 40 heavy (non-hydrogen) atoms. The largest absolute Gasteiger partial charge is 0.516 e. The van der Waals surface area contributed by atoms with Crippen LogP contribution in [0.25, 0.3) is 22.2 Å². The molecular weight excluding hydrogens is 543 g/mol. The third-order valence-electron chi connectivity index (χ3n) is 6.51. The van der Waals surface area contributed by atoms with E-state index >= 15 is 0 Å². The molecule has 4 rings (SSSR count). The van der Waals surface area contributed by atoms with E-state index in [1.54, 1.807) is 42.0 Å². The van der Waals surface area contributed by atoms with Gasteiger partial charge >= 0.3 is 21.5 Å². The van der Waals surface area contributed by atoms with E-state index in [9.17, 15) is 26.4 Å². The molecule has 0 aliphatic heterocycles. The van der Waals surface area contributed by atoms with Crippen molar-refractivity contribution in [2.24, 2.45) is 0 Å². The van der Waals surface area contributed by atoms with Crippen LogP contribution in [0.5, 0.6) is 0 Å². The minimum absolute atomic E-state index is 0.169. The second-order valence-corrected chi connectivity index (χ2v) is 11.1. The molecule has 4 aromatic rings. The fraction of sp³-hybridized carbons (Fsp3) is 0.310. The maximum atomic E-state index is 13.0. The summed E-state index contributed by atoms with van der Waals surface area (Å²) in [6.07, 6.45) is 2.81. The highest BCUT2D eigenvalue weighted by atomic mass is 32.2. The number of hydrogen-bond donors (Lipinski definition) is 1. The number of para-hydroxylation sites is 1. The van der Waals surface area contributed by atoms with Gasteiger partial charge < -0.3 is 9.30 Å². The lowest BCUT2D eigenvalue weighted by atomic mass is 10.0. The molecular formula is C29H30F3N3O4S. The molecule has 1 N–H and O–H groups in total. The summed E-state index contributed by atoms with van der Waals surface area (Å²) in [5.74, 6) is -0.487. The number of pyridine rings is 1. The van der Waals surface area contributed by atoms with Crippen LogP contribution in [0.2, 0.25) is 0 Å². The van der Waals surface area contributed by atoms with Crippen LogP contribution in [0, 0.1) is 6.92 Å². The van der Waals surface area contributed by atoms with E-state index in [-0.39, 0.29) is 18.0 Å².